The number of aromatic nitrogens is 3. The van der Waals surface area contributed by atoms with E-state index >= 15 is 0 Å². The Hall–Kier alpha value is -2.98. The fraction of sp³-hybridized carbons (Fsp3) is 0.370. The lowest BCUT2D eigenvalue weighted by molar-refractivity contribution is -0.139. The molecule has 0 aliphatic carbocycles. The summed E-state index contributed by atoms with van der Waals surface area (Å²) in [5.41, 5.74) is 4.18. The number of hydrogen-bond acceptors (Lipinski definition) is 8. The fourth-order valence-electron chi connectivity index (χ4n) is 4.04. The van der Waals surface area contributed by atoms with Crippen molar-refractivity contribution >= 4 is 39.6 Å². The minimum atomic E-state index is -0.560. The highest BCUT2D eigenvalue weighted by Gasteiger charge is 2.36. The van der Waals surface area contributed by atoms with E-state index in [2.05, 4.69) is 45.3 Å². The Morgan fingerprint density at radius 1 is 1.19 bits per heavy atom. The first-order valence-corrected chi connectivity index (χ1v) is 13.9. The number of nitrogens with zero attached hydrogens (tertiary/aromatic N) is 3. The summed E-state index contributed by atoms with van der Waals surface area (Å²) in [6.07, 6.45) is 0.731. The number of nitrogens with one attached hydrogen (secondary N) is 1. The van der Waals surface area contributed by atoms with Crippen molar-refractivity contribution in [3.63, 3.8) is 0 Å². The zero-order valence-corrected chi connectivity index (χ0v) is 24.0. The second kappa shape index (κ2) is 12.0. The van der Waals surface area contributed by atoms with Crippen LogP contribution >= 0.6 is 27.7 Å². The summed E-state index contributed by atoms with van der Waals surface area (Å²) in [6, 6.07) is 11.4. The maximum Gasteiger partial charge on any atom is 0.338 e. The van der Waals surface area contributed by atoms with Gasteiger partial charge >= 0.3 is 5.97 Å². The number of esters is 1. The maximum atomic E-state index is 13.2. The number of carbonyl (C=O) groups is 1. The molecule has 1 atom stereocenters. The average molecular weight is 588 g/mol. The van der Waals surface area contributed by atoms with Crippen LogP contribution in [0.2, 0.25) is 0 Å². The lowest BCUT2D eigenvalue weighted by Gasteiger charge is -2.28. The molecule has 0 fully saturated rings. The van der Waals surface area contributed by atoms with E-state index < -0.39 is 12.0 Å². The van der Waals surface area contributed by atoms with Crippen molar-refractivity contribution in [1.82, 2.24) is 14.8 Å². The van der Waals surface area contributed by atoms with E-state index in [9.17, 15) is 4.79 Å². The molecule has 1 N–H and O–H groups in total. The molecule has 0 spiro atoms. The number of ether oxygens (including phenoxy) is 3. The van der Waals surface area contributed by atoms with Gasteiger partial charge in [-0.15, -0.1) is 5.10 Å². The van der Waals surface area contributed by atoms with Crippen LogP contribution in [0.15, 0.2) is 57.3 Å². The Labute approximate surface area is 229 Å². The molecule has 8 nitrogen and oxygen atoms in total. The van der Waals surface area contributed by atoms with Crippen molar-refractivity contribution in [2.24, 2.45) is 0 Å². The highest BCUT2D eigenvalue weighted by Crippen LogP contribution is 2.43. The maximum absolute atomic E-state index is 13.2. The molecule has 1 aliphatic heterocycles. The Kier molecular flexibility index (Phi) is 8.81. The normalized spacial score (nSPS) is 14.7. The van der Waals surface area contributed by atoms with Crippen LogP contribution < -0.4 is 14.8 Å². The molecular formula is C27H31BrN4O4S. The predicted octanol–water partition coefficient (Wildman–Crippen LogP) is 6.29. The molecule has 0 radical (unpaired) electrons. The van der Waals surface area contributed by atoms with Gasteiger partial charge in [0.05, 0.1) is 23.8 Å². The molecule has 0 saturated heterocycles. The summed E-state index contributed by atoms with van der Waals surface area (Å²) in [7, 11) is 1.60. The number of halogens is 1. The van der Waals surface area contributed by atoms with Crippen molar-refractivity contribution in [3.8, 4) is 11.5 Å². The number of allylic oxidation sites excluding steroid dienone is 1. The van der Waals surface area contributed by atoms with Crippen LogP contribution in [0.3, 0.4) is 0 Å². The molecular weight excluding hydrogens is 556 g/mol. The first kappa shape index (κ1) is 27.1. The highest BCUT2D eigenvalue weighted by molar-refractivity contribution is 9.10. The minimum Gasteiger partial charge on any atom is -0.493 e. The number of fused-ring (bicyclic) bond motifs is 1. The van der Waals surface area contributed by atoms with Crippen LogP contribution in [0.1, 0.15) is 49.9 Å². The van der Waals surface area contributed by atoms with E-state index in [0.717, 1.165) is 23.3 Å². The van der Waals surface area contributed by atoms with Crippen LogP contribution in [-0.4, -0.2) is 40.2 Å². The van der Waals surface area contributed by atoms with Crippen LogP contribution in [0.4, 0.5) is 5.95 Å². The van der Waals surface area contributed by atoms with Crippen molar-refractivity contribution < 1.29 is 19.0 Å². The molecule has 1 aromatic heterocycles. The third-order valence-corrected chi connectivity index (χ3v) is 7.14. The van der Waals surface area contributed by atoms with Gasteiger partial charge in [0.25, 0.3) is 0 Å². The summed E-state index contributed by atoms with van der Waals surface area (Å²) < 4.78 is 19.9. The van der Waals surface area contributed by atoms with E-state index in [1.165, 1.54) is 17.3 Å². The van der Waals surface area contributed by atoms with Crippen LogP contribution in [0, 0.1) is 6.92 Å². The average Bonchev–Trinajstić information content (AvgIpc) is 3.28. The number of rotatable bonds is 10. The van der Waals surface area contributed by atoms with Crippen molar-refractivity contribution in [3.05, 3.63) is 68.8 Å². The van der Waals surface area contributed by atoms with Gasteiger partial charge in [0, 0.05) is 5.70 Å². The zero-order chi connectivity index (χ0) is 26.5. The molecule has 3 aromatic rings. The second-order valence-electron chi connectivity index (χ2n) is 8.61. The highest BCUT2D eigenvalue weighted by atomic mass is 79.9. The Morgan fingerprint density at radius 2 is 1.95 bits per heavy atom. The number of methoxy groups -OCH3 is 1. The standard InChI is InChI=1S/C27H31BrN4O4S/c1-6-12-35-25(33)22-17(4)29-26-30-27(37-7-2)31-32(26)23(22)19-13-20(28)24(21(14-19)34-5)36-15-18-10-8-16(3)9-11-18/h8-11,13-14,23H,6-7,12,15H2,1-5H3,(H,29,30,31). The summed E-state index contributed by atoms with van der Waals surface area (Å²) >= 11 is 5.21. The lowest BCUT2D eigenvalue weighted by Crippen LogP contribution is -2.30. The summed E-state index contributed by atoms with van der Waals surface area (Å²) in [5.74, 6) is 2.13. The molecule has 2 heterocycles. The molecule has 0 saturated carbocycles. The zero-order valence-electron chi connectivity index (χ0n) is 21.6. The smallest absolute Gasteiger partial charge is 0.338 e. The van der Waals surface area contributed by atoms with Gasteiger partial charge in [-0.2, -0.15) is 4.98 Å². The van der Waals surface area contributed by atoms with Crippen molar-refractivity contribution in [2.45, 2.75) is 51.9 Å². The van der Waals surface area contributed by atoms with E-state index in [-0.39, 0.29) is 0 Å². The first-order chi connectivity index (χ1) is 17.9. The number of anilines is 1. The quantitative estimate of drug-likeness (QED) is 0.219. The van der Waals surface area contributed by atoms with E-state index in [0.29, 0.717) is 51.6 Å². The van der Waals surface area contributed by atoms with Crippen molar-refractivity contribution in [1.29, 1.82) is 0 Å². The fourth-order valence-corrected chi connectivity index (χ4v) is 5.17. The van der Waals surface area contributed by atoms with Gasteiger partial charge in [-0.1, -0.05) is 55.4 Å². The molecule has 2 aromatic carbocycles. The van der Waals surface area contributed by atoms with Crippen LogP contribution in [0.5, 0.6) is 11.5 Å². The number of aryl methyl sites for hydroxylation is 1. The topological polar surface area (TPSA) is 87.5 Å². The van der Waals surface area contributed by atoms with Gasteiger partial charge in [-0.25, -0.2) is 9.48 Å². The predicted molar refractivity (Wildman–Crippen MR) is 148 cm³/mol. The van der Waals surface area contributed by atoms with E-state index in [1.54, 1.807) is 11.8 Å². The van der Waals surface area contributed by atoms with Gasteiger partial charge in [0.15, 0.2) is 11.5 Å². The molecule has 1 unspecified atom stereocenters. The number of benzene rings is 2. The van der Waals surface area contributed by atoms with Gasteiger partial charge in [0.1, 0.15) is 12.6 Å². The van der Waals surface area contributed by atoms with E-state index in [4.69, 9.17) is 19.3 Å². The Bertz CT molecular complexity index is 1310. The molecule has 37 heavy (non-hydrogen) atoms. The minimum absolute atomic E-state index is 0.336. The van der Waals surface area contributed by atoms with Gasteiger partial charge in [-0.3, -0.25) is 0 Å². The largest absolute Gasteiger partial charge is 0.493 e. The number of thioether (sulfide) groups is 1. The van der Waals surface area contributed by atoms with Gasteiger partial charge in [-0.05, 0) is 65.2 Å². The summed E-state index contributed by atoms with van der Waals surface area (Å²) in [6.45, 7) is 8.64. The third kappa shape index (κ3) is 5.96. The SMILES string of the molecule is CCCOC(=O)C1=C(C)Nc2nc(SCC)nn2C1c1cc(Br)c(OCc2ccc(C)cc2)c(OC)c1. The molecule has 0 amide bonds. The lowest BCUT2D eigenvalue weighted by atomic mass is 9.95. The van der Waals surface area contributed by atoms with Crippen molar-refractivity contribution in [2.75, 3.05) is 24.8 Å². The monoisotopic (exact) mass is 586 g/mol. The summed E-state index contributed by atoms with van der Waals surface area (Å²) in [4.78, 5) is 17.9. The Morgan fingerprint density at radius 3 is 2.62 bits per heavy atom. The molecule has 10 heteroatoms. The number of carbonyl (C=O) groups excluding carboxylic acids is 1. The first-order valence-electron chi connectivity index (χ1n) is 12.2. The molecule has 196 valence electrons. The number of hydrogen-bond donors (Lipinski definition) is 1. The summed E-state index contributed by atoms with van der Waals surface area (Å²) in [5, 5.41) is 8.58. The van der Waals surface area contributed by atoms with Gasteiger partial charge < -0.3 is 19.5 Å². The molecule has 4 rings (SSSR count). The third-order valence-electron chi connectivity index (χ3n) is 5.84. The van der Waals surface area contributed by atoms with Crippen LogP contribution in [-0.2, 0) is 16.1 Å². The molecule has 0 bridgehead atoms. The second-order valence-corrected chi connectivity index (χ2v) is 10.7. The molecule has 1 aliphatic rings. The van der Waals surface area contributed by atoms with E-state index in [1.807, 2.05) is 45.0 Å². The van der Waals surface area contributed by atoms with Crippen LogP contribution in [0.25, 0.3) is 0 Å². The van der Waals surface area contributed by atoms with Gasteiger partial charge in [0.2, 0.25) is 11.1 Å². The Balaban J connectivity index is 1.75.